The Morgan fingerprint density at radius 3 is 2.21 bits per heavy atom. The van der Waals surface area contributed by atoms with Gasteiger partial charge in [0, 0.05) is 22.8 Å². The van der Waals surface area contributed by atoms with Crippen molar-refractivity contribution < 1.29 is 31.1 Å². The van der Waals surface area contributed by atoms with Crippen LogP contribution in [0.4, 0.5) is 13.2 Å². The lowest BCUT2D eigenvalue weighted by Gasteiger charge is -2.13. The average Bonchev–Trinajstić information content (AvgIpc) is 2.24. The van der Waals surface area contributed by atoms with E-state index in [2.05, 4.69) is 9.47 Å². The van der Waals surface area contributed by atoms with Gasteiger partial charge in [-0.3, -0.25) is 0 Å². The predicted octanol–water partition coefficient (Wildman–Crippen LogP) is 2.39. The molecule has 0 spiro atoms. The zero-order chi connectivity index (χ0) is 14.8. The second-order valence-corrected chi connectivity index (χ2v) is 5.66. The number of methoxy groups -OCH3 is 1. The van der Waals surface area contributed by atoms with E-state index in [0.717, 1.165) is 13.2 Å². The van der Waals surface area contributed by atoms with Gasteiger partial charge in [0.1, 0.15) is 17.4 Å². The smallest absolute Gasteiger partial charge is 0.495 e. The zero-order valence-electron chi connectivity index (χ0n) is 9.16. The van der Waals surface area contributed by atoms with Crippen LogP contribution in [-0.2, 0) is 9.05 Å². The van der Waals surface area contributed by atoms with Crippen molar-refractivity contribution in [3.05, 3.63) is 17.7 Å². The van der Waals surface area contributed by atoms with E-state index >= 15 is 0 Å². The number of halogens is 4. The third kappa shape index (κ3) is 3.90. The van der Waals surface area contributed by atoms with Crippen LogP contribution in [-0.4, -0.2) is 21.9 Å². The zero-order valence-corrected chi connectivity index (χ0v) is 10.7. The van der Waals surface area contributed by atoms with Crippen molar-refractivity contribution in [3.8, 4) is 17.6 Å². The molecule has 1 rings (SSSR count). The van der Waals surface area contributed by atoms with Crippen LogP contribution in [0, 0.1) is 11.3 Å². The molecular formula is C9H5ClF3NO4S. The van der Waals surface area contributed by atoms with Crippen molar-refractivity contribution in [2.24, 2.45) is 0 Å². The number of benzene rings is 1. The Bertz CT molecular complexity index is 636. The molecule has 0 heterocycles. The monoisotopic (exact) mass is 315 g/mol. The van der Waals surface area contributed by atoms with Gasteiger partial charge in [0.2, 0.25) is 0 Å². The first-order valence-corrected chi connectivity index (χ1v) is 6.72. The van der Waals surface area contributed by atoms with Crippen LogP contribution < -0.4 is 9.47 Å². The summed E-state index contributed by atoms with van der Waals surface area (Å²) in [4.78, 5) is -0.677. The molecule has 0 aromatic heterocycles. The van der Waals surface area contributed by atoms with Crippen molar-refractivity contribution in [1.29, 1.82) is 5.26 Å². The lowest BCUT2D eigenvalue weighted by molar-refractivity contribution is -0.274. The van der Waals surface area contributed by atoms with Gasteiger partial charge < -0.3 is 9.47 Å². The second-order valence-electron chi connectivity index (χ2n) is 3.10. The molecule has 0 atom stereocenters. The van der Waals surface area contributed by atoms with E-state index in [0.29, 0.717) is 6.07 Å². The summed E-state index contributed by atoms with van der Waals surface area (Å²) < 4.78 is 66.9. The number of rotatable bonds is 3. The largest absolute Gasteiger partial charge is 0.573 e. The minimum atomic E-state index is -5.09. The van der Waals surface area contributed by atoms with Gasteiger partial charge in [0.05, 0.1) is 12.0 Å². The molecule has 0 aliphatic heterocycles. The third-order valence-corrected chi connectivity index (χ3v) is 3.21. The Balaban J connectivity index is 3.55. The Labute approximate surface area is 110 Å². The highest BCUT2D eigenvalue weighted by molar-refractivity contribution is 8.13. The molecule has 0 N–H and O–H groups in total. The van der Waals surface area contributed by atoms with Gasteiger partial charge in [0.25, 0.3) is 9.05 Å². The van der Waals surface area contributed by atoms with Gasteiger partial charge in [-0.05, 0) is 0 Å². The number of hydrogen-bond acceptors (Lipinski definition) is 5. The summed E-state index contributed by atoms with van der Waals surface area (Å²) >= 11 is 0. The van der Waals surface area contributed by atoms with Gasteiger partial charge in [-0.25, -0.2) is 8.42 Å². The van der Waals surface area contributed by atoms with Gasteiger partial charge in [0.15, 0.2) is 5.75 Å². The summed E-state index contributed by atoms with van der Waals surface area (Å²) in [5, 5.41) is 8.76. The standard InChI is InChI=1S/C9H5ClF3NO4S/c1-17-7-2-5(19(10,15)16)3-8(6(7)4-14)18-9(11,12)13/h2-3H,1H3. The Morgan fingerprint density at radius 1 is 1.32 bits per heavy atom. The third-order valence-electron chi connectivity index (χ3n) is 1.88. The summed E-state index contributed by atoms with van der Waals surface area (Å²) in [6.07, 6.45) is -5.09. The van der Waals surface area contributed by atoms with Gasteiger partial charge in [-0.1, -0.05) is 0 Å². The molecule has 1 aromatic carbocycles. The molecule has 0 saturated heterocycles. The molecule has 19 heavy (non-hydrogen) atoms. The molecule has 5 nitrogen and oxygen atoms in total. The maximum Gasteiger partial charge on any atom is 0.573 e. The van der Waals surface area contributed by atoms with Crippen LogP contribution in [0.1, 0.15) is 5.56 Å². The first-order chi connectivity index (χ1) is 8.58. The second kappa shape index (κ2) is 5.14. The van der Waals surface area contributed by atoms with E-state index in [1.165, 1.54) is 6.07 Å². The van der Waals surface area contributed by atoms with E-state index < -0.39 is 37.4 Å². The number of nitriles is 1. The average molecular weight is 316 g/mol. The molecule has 0 unspecified atom stereocenters. The van der Waals surface area contributed by atoms with E-state index in [4.69, 9.17) is 15.9 Å². The van der Waals surface area contributed by atoms with E-state index in [9.17, 15) is 21.6 Å². The quantitative estimate of drug-likeness (QED) is 0.800. The van der Waals surface area contributed by atoms with Crippen molar-refractivity contribution in [3.63, 3.8) is 0 Å². The van der Waals surface area contributed by atoms with Crippen LogP contribution in [0.3, 0.4) is 0 Å². The number of ether oxygens (including phenoxy) is 2. The molecule has 0 fully saturated rings. The van der Waals surface area contributed by atoms with Crippen molar-refractivity contribution in [1.82, 2.24) is 0 Å². The number of alkyl halides is 3. The summed E-state index contributed by atoms with van der Waals surface area (Å²) in [5.41, 5.74) is -0.594. The highest BCUT2D eigenvalue weighted by Crippen LogP contribution is 2.35. The maximum atomic E-state index is 12.2. The van der Waals surface area contributed by atoms with Crippen LogP contribution in [0.5, 0.6) is 11.5 Å². The fraction of sp³-hybridized carbons (Fsp3) is 0.222. The van der Waals surface area contributed by atoms with Crippen LogP contribution in [0.25, 0.3) is 0 Å². The highest BCUT2D eigenvalue weighted by Gasteiger charge is 2.33. The van der Waals surface area contributed by atoms with Crippen LogP contribution in [0.2, 0.25) is 0 Å². The fourth-order valence-corrected chi connectivity index (χ4v) is 1.95. The molecule has 0 saturated carbocycles. The summed E-state index contributed by atoms with van der Waals surface area (Å²) in [6.45, 7) is 0. The summed E-state index contributed by atoms with van der Waals surface area (Å²) in [7, 11) is 1.77. The lowest BCUT2D eigenvalue weighted by atomic mass is 10.2. The molecule has 0 bridgehead atoms. The summed E-state index contributed by atoms with van der Waals surface area (Å²) in [5.74, 6) is -1.41. The molecule has 0 aliphatic rings. The maximum absolute atomic E-state index is 12.2. The lowest BCUT2D eigenvalue weighted by Crippen LogP contribution is -2.18. The van der Waals surface area contributed by atoms with Gasteiger partial charge >= 0.3 is 6.36 Å². The van der Waals surface area contributed by atoms with E-state index in [1.807, 2.05) is 0 Å². The first-order valence-electron chi connectivity index (χ1n) is 4.41. The van der Waals surface area contributed by atoms with E-state index in [1.54, 1.807) is 0 Å². The SMILES string of the molecule is COc1cc(S(=O)(=O)Cl)cc(OC(F)(F)F)c1C#N. The molecule has 1 aromatic rings. The number of nitrogens with zero attached hydrogens (tertiary/aromatic N) is 1. The summed E-state index contributed by atoms with van der Waals surface area (Å²) in [6, 6.07) is 2.75. The normalized spacial score (nSPS) is 11.8. The molecule has 0 radical (unpaired) electrons. The van der Waals surface area contributed by atoms with E-state index in [-0.39, 0.29) is 0 Å². The Morgan fingerprint density at radius 2 is 1.84 bits per heavy atom. The predicted molar refractivity (Wildman–Crippen MR) is 57.4 cm³/mol. The molecular weight excluding hydrogens is 311 g/mol. The van der Waals surface area contributed by atoms with Crippen molar-refractivity contribution >= 4 is 19.7 Å². The highest BCUT2D eigenvalue weighted by atomic mass is 35.7. The molecule has 0 aliphatic carbocycles. The minimum absolute atomic E-state index is 0.400. The van der Waals surface area contributed by atoms with Gasteiger partial charge in [-0.2, -0.15) is 5.26 Å². The first kappa shape index (κ1) is 15.4. The van der Waals surface area contributed by atoms with Crippen molar-refractivity contribution in [2.45, 2.75) is 11.3 Å². The molecule has 10 heteroatoms. The van der Waals surface area contributed by atoms with Gasteiger partial charge in [-0.15, -0.1) is 13.2 Å². The van der Waals surface area contributed by atoms with Crippen LogP contribution in [0.15, 0.2) is 17.0 Å². The number of hydrogen-bond donors (Lipinski definition) is 0. The Kier molecular flexibility index (Phi) is 4.17. The Hall–Kier alpha value is -1.66. The minimum Gasteiger partial charge on any atom is -0.495 e. The topological polar surface area (TPSA) is 76.4 Å². The van der Waals surface area contributed by atoms with Crippen molar-refractivity contribution in [2.75, 3.05) is 7.11 Å². The molecule has 104 valence electrons. The fourth-order valence-electron chi connectivity index (χ4n) is 1.18. The van der Waals surface area contributed by atoms with Crippen LogP contribution >= 0.6 is 10.7 Å². The molecule has 0 amide bonds.